The Morgan fingerprint density at radius 1 is 1.50 bits per heavy atom. The molecule has 78 valence electrons. The number of rotatable bonds is 1. The molecule has 0 aliphatic carbocycles. The number of nitrogens with two attached hydrogens (primary N) is 1. The fraction of sp³-hybridized carbons (Fsp3) is 0.700. The smallest absolute Gasteiger partial charge is 0.138 e. The first-order valence-corrected chi connectivity index (χ1v) is 5.00. The maximum Gasteiger partial charge on any atom is 0.138 e. The van der Waals surface area contributed by atoms with Crippen LogP contribution in [-0.4, -0.2) is 29.7 Å². The first kappa shape index (κ1) is 9.68. The van der Waals surface area contributed by atoms with Gasteiger partial charge in [0.05, 0.1) is 11.7 Å². The van der Waals surface area contributed by atoms with E-state index in [0.717, 1.165) is 24.4 Å². The number of nitrogens with zero attached hydrogens (tertiary/aromatic N) is 2. The molecule has 1 saturated heterocycles. The van der Waals surface area contributed by atoms with Crippen LogP contribution >= 0.6 is 0 Å². The Labute approximate surface area is 84.0 Å². The normalized spacial score (nSPS) is 28.6. The predicted octanol–water partition coefficient (Wildman–Crippen LogP) is 0.995. The molecule has 4 nitrogen and oxygen atoms in total. The van der Waals surface area contributed by atoms with Gasteiger partial charge in [0.15, 0.2) is 0 Å². The second kappa shape index (κ2) is 3.37. The van der Waals surface area contributed by atoms with Crippen molar-refractivity contribution < 1.29 is 4.52 Å². The first-order chi connectivity index (χ1) is 6.61. The molecule has 0 radical (unpaired) electrons. The molecule has 0 bridgehead atoms. The molecule has 2 rings (SSSR count). The highest BCUT2D eigenvalue weighted by Gasteiger charge is 2.34. The zero-order chi connectivity index (χ0) is 10.3. The van der Waals surface area contributed by atoms with Crippen LogP contribution < -0.4 is 5.73 Å². The Kier molecular flexibility index (Phi) is 2.33. The molecule has 0 amide bonds. The SMILES string of the molecule is Cc1noc(C)c1C1C(N)CCN1C. The molecule has 1 aromatic heterocycles. The summed E-state index contributed by atoms with van der Waals surface area (Å²) in [6.45, 7) is 4.98. The van der Waals surface area contributed by atoms with Crippen molar-refractivity contribution in [3.8, 4) is 0 Å². The van der Waals surface area contributed by atoms with E-state index < -0.39 is 0 Å². The summed E-state index contributed by atoms with van der Waals surface area (Å²) in [4.78, 5) is 2.28. The molecule has 1 aliphatic heterocycles. The van der Waals surface area contributed by atoms with Crippen LogP contribution in [0.2, 0.25) is 0 Å². The molecule has 2 atom stereocenters. The van der Waals surface area contributed by atoms with Crippen molar-refractivity contribution in [1.82, 2.24) is 10.1 Å². The molecular weight excluding hydrogens is 178 g/mol. The van der Waals surface area contributed by atoms with Crippen molar-refractivity contribution in [1.29, 1.82) is 0 Å². The number of hydrogen-bond donors (Lipinski definition) is 1. The van der Waals surface area contributed by atoms with E-state index in [1.54, 1.807) is 0 Å². The fourth-order valence-electron chi connectivity index (χ4n) is 2.32. The Morgan fingerprint density at radius 3 is 2.64 bits per heavy atom. The van der Waals surface area contributed by atoms with Gasteiger partial charge in [-0.05, 0) is 27.3 Å². The van der Waals surface area contributed by atoms with E-state index >= 15 is 0 Å². The van der Waals surface area contributed by atoms with Gasteiger partial charge in [0, 0.05) is 18.2 Å². The molecule has 0 aromatic carbocycles. The van der Waals surface area contributed by atoms with Crippen LogP contribution in [0.4, 0.5) is 0 Å². The van der Waals surface area contributed by atoms with E-state index in [-0.39, 0.29) is 12.1 Å². The average molecular weight is 195 g/mol. The molecule has 2 N–H and O–H groups in total. The topological polar surface area (TPSA) is 55.3 Å². The lowest BCUT2D eigenvalue weighted by molar-refractivity contribution is 0.299. The number of aromatic nitrogens is 1. The van der Waals surface area contributed by atoms with Gasteiger partial charge < -0.3 is 10.3 Å². The summed E-state index contributed by atoms with van der Waals surface area (Å²) < 4.78 is 5.17. The molecule has 2 heterocycles. The van der Waals surface area contributed by atoms with Gasteiger partial charge in [-0.25, -0.2) is 0 Å². The summed E-state index contributed by atoms with van der Waals surface area (Å²) in [5.41, 5.74) is 8.23. The molecule has 0 saturated carbocycles. The molecular formula is C10H17N3O. The van der Waals surface area contributed by atoms with Gasteiger partial charge in [0.1, 0.15) is 5.76 Å². The Bertz CT molecular complexity index is 305. The summed E-state index contributed by atoms with van der Waals surface area (Å²) >= 11 is 0. The van der Waals surface area contributed by atoms with Gasteiger partial charge in [-0.3, -0.25) is 4.90 Å². The lowest BCUT2D eigenvalue weighted by Crippen LogP contribution is -2.30. The largest absolute Gasteiger partial charge is 0.361 e. The van der Waals surface area contributed by atoms with Gasteiger partial charge in [0.25, 0.3) is 0 Å². The van der Waals surface area contributed by atoms with Gasteiger partial charge in [-0.1, -0.05) is 5.16 Å². The lowest BCUT2D eigenvalue weighted by atomic mass is 9.99. The quantitative estimate of drug-likeness (QED) is 0.726. The predicted molar refractivity (Wildman–Crippen MR) is 53.9 cm³/mol. The molecule has 2 unspecified atom stereocenters. The molecule has 1 aromatic rings. The zero-order valence-corrected chi connectivity index (χ0v) is 8.95. The highest BCUT2D eigenvalue weighted by Crippen LogP contribution is 2.33. The minimum absolute atomic E-state index is 0.205. The highest BCUT2D eigenvalue weighted by molar-refractivity contribution is 5.27. The molecule has 14 heavy (non-hydrogen) atoms. The van der Waals surface area contributed by atoms with E-state index in [2.05, 4.69) is 17.1 Å². The summed E-state index contributed by atoms with van der Waals surface area (Å²) in [5, 5.41) is 3.97. The van der Waals surface area contributed by atoms with Gasteiger partial charge in [0.2, 0.25) is 0 Å². The van der Waals surface area contributed by atoms with Crippen molar-refractivity contribution in [2.24, 2.45) is 5.73 Å². The number of hydrogen-bond acceptors (Lipinski definition) is 4. The van der Waals surface area contributed by atoms with Crippen LogP contribution in [0.15, 0.2) is 4.52 Å². The molecule has 4 heteroatoms. The van der Waals surface area contributed by atoms with Crippen LogP contribution in [0.3, 0.4) is 0 Å². The lowest BCUT2D eigenvalue weighted by Gasteiger charge is -2.22. The van der Waals surface area contributed by atoms with E-state index in [1.165, 1.54) is 5.56 Å². The van der Waals surface area contributed by atoms with Crippen LogP contribution in [0.1, 0.15) is 29.5 Å². The maximum absolute atomic E-state index is 6.09. The first-order valence-electron chi connectivity index (χ1n) is 5.00. The zero-order valence-electron chi connectivity index (χ0n) is 8.95. The standard InChI is InChI=1S/C10H17N3O/c1-6-9(7(2)14-12-6)10-8(11)4-5-13(10)3/h8,10H,4-5,11H2,1-3H3. The van der Waals surface area contributed by atoms with Crippen molar-refractivity contribution in [2.45, 2.75) is 32.4 Å². The van der Waals surface area contributed by atoms with Crippen LogP contribution in [0.5, 0.6) is 0 Å². The fourth-order valence-corrected chi connectivity index (χ4v) is 2.32. The highest BCUT2D eigenvalue weighted by atomic mass is 16.5. The third-order valence-corrected chi connectivity index (χ3v) is 3.08. The molecule has 0 spiro atoms. The summed E-state index contributed by atoms with van der Waals surface area (Å²) in [5.74, 6) is 0.900. The number of likely N-dealkylation sites (tertiary alicyclic amines) is 1. The minimum atomic E-state index is 0.205. The van der Waals surface area contributed by atoms with Crippen molar-refractivity contribution >= 4 is 0 Å². The van der Waals surface area contributed by atoms with Gasteiger partial charge in [-0.15, -0.1) is 0 Å². The van der Waals surface area contributed by atoms with Crippen LogP contribution in [0.25, 0.3) is 0 Å². The van der Waals surface area contributed by atoms with E-state index in [9.17, 15) is 0 Å². The van der Waals surface area contributed by atoms with Crippen molar-refractivity contribution in [3.05, 3.63) is 17.0 Å². The van der Waals surface area contributed by atoms with E-state index in [4.69, 9.17) is 10.3 Å². The minimum Gasteiger partial charge on any atom is -0.361 e. The van der Waals surface area contributed by atoms with E-state index in [1.807, 2.05) is 13.8 Å². The van der Waals surface area contributed by atoms with Crippen LogP contribution in [0, 0.1) is 13.8 Å². The Morgan fingerprint density at radius 2 is 2.21 bits per heavy atom. The van der Waals surface area contributed by atoms with E-state index in [0.29, 0.717) is 0 Å². The van der Waals surface area contributed by atoms with Crippen LogP contribution in [-0.2, 0) is 0 Å². The summed E-state index contributed by atoms with van der Waals surface area (Å²) in [7, 11) is 2.10. The van der Waals surface area contributed by atoms with Gasteiger partial charge >= 0.3 is 0 Å². The monoisotopic (exact) mass is 195 g/mol. The second-order valence-corrected chi connectivity index (χ2v) is 4.12. The molecule has 1 aliphatic rings. The summed E-state index contributed by atoms with van der Waals surface area (Å²) in [6.07, 6.45) is 1.05. The van der Waals surface area contributed by atoms with Crippen molar-refractivity contribution in [2.75, 3.05) is 13.6 Å². The van der Waals surface area contributed by atoms with Gasteiger partial charge in [-0.2, -0.15) is 0 Å². The average Bonchev–Trinajstić information content (AvgIpc) is 2.60. The Balaban J connectivity index is 2.38. The number of aryl methyl sites for hydroxylation is 2. The second-order valence-electron chi connectivity index (χ2n) is 4.12. The van der Waals surface area contributed by atoms with Crippen molar-refractivity contribution in [3.63, 3.8) is 0 Å². The summed E-state index contributed by atoms with van der Waals surface area (Å²) in [6, 6.07) is 0.484. The maximum atomic E-state index is 6.09. The third-order valence-electron chi connectivity index (χ3n) is 3.08. The Hall–Kier alpha value is -0.870. The molecule has 1 fully saturated rings. The number of likely N-dealkylation sites (N-methyl/N-ethyl adjacent to an activating group) is 1. The third kappa shape index (κ3) is 1.35.